The van der Waals surface area contributed by atoms with Crippen molar-refractivity contribution in [1.82, 2.24) is 14.8 Å². The second-order valence-electron chi connectivity index (χ2n) is 4.99. The van der Waals surface area contributed by atoms with Crippen LogP contribution >= 0.6 is 0 Å². The Morgan fingerprint density at radius 2 is 1.88 bits per heavy atom. The van der Waals surface area contributed by atoms with E-state index in [0.717, 1.165) is 5.69 Å². The standard InChI is InChI=1S/C17H15FN4O2/c18-13-1-7-16(8-2-13)24-10-9-17(23)21-14-3-5-15(6-4-14)22-12-19-11-20-22/h1-8,11-12H,9-10H2,(H,21,23). The molecule has 122 valence electrons. The average Bonchev–Trinajstić information content (AvgIpc) is 3.12. The van der Waals surface area contributed by atoms with Gasteiger partial charge in [0.2, 0.25) is 5.91 Å². The van der Waals surface area contributed by atoms with Crippen LogP contribution in [-0.2, 0) is 4.79 Å². The van der Waals surface area contributed by atoms with Gasteiger partial charge in [-0.25, -0.2) is 14.1 Å². The molecule has 2 aromatic carbocycles. The highest BCUT2D eigenvalue weighted by atomic mass is 19.1. The smallest absolute Gasteiger partial charge is 0.227 e. The van der Waals surface area contributed by atoms with Gasteiger partial charge in [0.05, 0.1) is 18.7 Å². The summed E-state index contributed by atoms with van der Waals surface area (Å²) in [5, 5.41) is 6.82. The van der Waals surface area contributed by atoms with E-state index in [1.165, 1.54) is 30.6 Å². The lowest BCUT2D eigenvalue weighted by atomic mass is 10.2. The minimum atomic E-state index is -0.325. The van der Waals surface area contributed by atoms with E-state index in [9.17, 15) is 9.18 Å². The summed E-state index contributed by atoms with van der Waals surface area (Å²) in [7, 11) is 0. The van der Waals surface area contributed by atoms with E-state index < -0.39 is 0 Å². The molecule has 1 N–H and O–H groups in total. The van der Waals surface area contributed by atoms with E-state index in [1.807, 2.05) is 12.1 Å². The molecule has 0 aliphatic carbocycles. The highest BCUT2D eigenvalue weighted by Crippen LogP contribution is 2.13. The van der Waals surface area contributed by atoms with Gasteiger partial charge in [0.1, 0.15) is 24.2 Å². The van der Waals surface area contributed by atoms with Gasteiger partial charge >= 0.3 is 0 Å². The normalized spacial score (nSPS) is 10.4. The number of hydrogen-bond acceptors (Lipinski definition) is 4. The molecule has 0 radical (unpaired) electrons. The van der Waals surface area contributed by atoms with Crippen LogP contribution in [0.2, 0.25) is 0 Å². The first-order valence-electron chi connectivity index (χ1n) is 7.34. The molecule has 0 unspecified atom stereocenters. The van der Waals surface area contributed by atoms with Gasteiger partial charge in [-0.3, -0.25) is 4.79 Å². The van der Waals surface area contributed by atoms with Crippen molar-refractivity contribution in [2.75, 3.05) is 11.9 Å². The molecule has 1 heterocycles. The SMILES string of the molecule is O=C(CCOc1ccc(F)cc1)Nc1ccc(-n2cncn2)cc1. The van der Waals surface area contributed by atoms with E-state index in [-0.39, 0.29) is 24.8 Å². The Labute approximate surface area is 137 Å². The molecule has 0 spiro atoms. The second kappa shape index (κ2) is 7.36. The maximum atomic E-state index is 12.8. The zero-order valence-electron chi connectivity index (χ0n) is 12.7. The third-order valence-electron chi connectivity index (χ3n) is 3.25. The van der Waals surface area contributed by atoms with Crippen molar-refractivity contribution < 1.29 is 13.9 Å². The molecule has 1 aromatic heterocycles. The third-order valence-corrected chi connectivity index (χ3v) is 3.25. The number of carbonyl (C=O) groups is 1. The minimum Gasteiger partial charge on any atom is -0.493 e. The van der Waals surface area contributed by atoms with Crippen LogP contribution in [0.5, 0.6) is 5.75 Å². The van der Waals surface area contributed by atoms with Crippen LogP contribution in [0.4, 0.5) is 10.1 Å². The van der Waals surface area contributed by atoms with E-state index in [0.29, 0.717) is 11.4 Å². The summed E-state index contributed by atoms with van der Waals surface area (Å²) in [6.07, 6.45) is 3.25. The van der Waals surface area contributed by atoms with Crippen LogP contribution in [0.15, 0.2) is 61.2 Å². The fraction of sp³-hybridized carbons (Fsp3) is 0.118. The Balaban J connectivity index is 1.47. The monoisotopic (exact) mass is 326 g/mol. The van der Waals surface area contributed by atoms with Gasteiger partial charge < -0.3 is 10.1 Å². The summed E-state index contributed by atoms with van der Waals surface area (Å²) in [6, 6.07) is 12.9. The second-order valence-corrected chi connectivity index (χ2v) is 4.99. The molecule has 0 saturated heterocycles. The molecular weight excluding hydrogens is 311 g/mol. The van der Waals surface area contributed by atoms with Crippen LogP contribution in [0.3, 0.4) is 0 Å². The molecule has 3 rings (SSSR count). The van der Waals surface area contributed by atoms with Crippen LogP contribution in [0.25, 0.3) is 5.69 Å². The van der Waals surface area contributed by atoms with Crippen molar-refractivity contribution in [1.29, 1.82) is 0 Å². The molecule has 1 amide bonds. The zero-order valence-corrected chi connectivity index (χ0v) is 12.7. The molecule has 0 fully saturated rings. The summed E-state index contributed by atoms with van der Waals surface area (Å²) in [5.74, 6) is 0.0430. The minimum absolute atomic E-state index is 0.161. The van der Waals surface area contributed by atoms with Crippen molar-refractivity contribution in [2.24, 2.45) is 0 Å². The Hall–Kier alpha value is -3.22. The largest absolute Gasteiger partial charge is 0.493 e. The predicted octanol–water partition coefficient (Wildman–Crippen LogP) is 2.81. The number of benzene rings is 2. The summed E-state index contributed by atoms with van der Waals surface area (Å²) in [6.45, 7) is 0.217. The molecule has 0 saturated carbocycles. The van der Waals surface area contributed by atoms with Gasteiger partial charge in [-0.1, -0.05) is 0 Å². The topological polar surface area (TPSA) is 69.0 Å². The number of rotatable bonds is 6. The molecule has 6 nitrogen and oxygen atoms in total. The van der Waals surface area contributed by atoms with E-state index in [2.05, 4.69) is 15.4 Å². The third kappa shape index (κ3) is 4.16. The first kappa shape index (κ1) is 15.7. The molecule has 0 aliphatic heterocycles. The number of anilines is 1. The number of hydrogen-bond donors (Lipinski definition) is 1. The molecule has 7 heteroatoms. The van der Waals surface area contributed by atoms with Gasteiger partial charge in [-0.05, 0) is 48.5 Å². The fourth-order valence-corrected chi connectivity index (χ4v) is 2.05. The lowest BCUT2D eigenvalue weighted by Gasteiger charge is -2.08. The first-order chi connectivity index (χ1) is 11.7. The summed E-state index contributed by atoms with van der Waals surface area (Å²) < 4.78 is 19.8. The molecule has 3 aromatic rings. The number of amides is 1. The van der Waals surface area contributed by atoms with Crippen molar-refractivity contribution in [3.63, 3.8) is 0 Å². The fourth-order valence-electron chi connectivity index (χ4n) is 2.05. The van der Waals surface area contributed by atoms with Gasteiger partial charge in [-0.15, -0.1) is 0 Å². The number of nitrogens with zero attached hydrogens (tertiary/aromatic N) is 3. The maximum Gasteiger partial charge on any atom is 0.227 e. The first-order valence-corrected chi connectivity index (χ1v) is 7.34. The van der Waals surface area contributed by atoms with Crippen LogP contribution in [0, 0.1) is 5.82 Å². The summed E-state index contributed by atoms with van der Waals surface area (Å²) in [4.78, 5) is 15.8. The highest BCUT2D eigenvalue weighted by Gasteiger charge is 2.04. The zero-order chi connectivity index (χ0) is 16.8. The van der Waals surface area contributed by atoms with E-state index >= 15 is 0 Å². The van der Waals surface area contributed by atoms with Crippen molar-refractivity contribution in [3.8, 4) is 11.4 Å². The lowest BCUT2D eigenvalue weighted by molar-refractivity contribution is -0.116. The maximum absolute atomic E-state index is 12.8. The molecule has 24 heavy (non-hydrogen) atoms. The quantitative estimate of drug-likeness (QED) is 0.756. The van der Waals surface area contributed by atoms with Crippen LogP contribution in [0.1, 0.15) is 6.42 Å². The molecule has 0 bridgehead atoms. The van der Waals surface area contributed by atoms with Crippen LogP contribution < -0.4 is 10.1 Å². The molecule has 0 atom stereocenters. The lowest BCUT2D eigenvalue weighted by Crippen LogP contribution is -2.15. The number of ether oxygens (including phenoxy) is 1. The van der Waals surface area contributed by atoms with Crippen LogP contribution in [-0.4, -0.2) is 27.3 Å². The molecule has 0 aliphatic rings. The Kier molecular flexibility index (Phi) is 4.81. The van der Waals surface area contributed by atoms with Gasteiger partial charge in [0.15, 0.2) is 0 Å². The summed E-state index contributed by atoms with van der Waals surface area (Å²) >= 11 is 0. The number of carbonyl (C=O) groups excluding carboxylic acids is 1. The van der Waals surface area contributed by atoms with E-state index in [1.54, 1.807) is 23.1 Å². The van der Waals surface area contributed by atoms with Crippen molar-refractivity contribution in [2.45, 2.75) is 6.42 Å². The van der Waals surface area contributed by atoms with E-state index in [4.69, 9.17) is 4.74 Å². The Bertz CT molecular complexity index is 786. The number of aromatic nitrogens is 3. The van der Waals surface area contributed by atoms with Crippen molar-refractivity contribution in [3.05, 3.63) is 67.0 Å². The van der Waals surface area contributed by atoms with Crippen molar-refractivity contribution >= 4 is 11.6 Å². The Morgan fingerprint density at radius 3 is 2.54 bits per heavy atom. The Morgan fingerprint density at radius 1 is 1.12 bits per heavy atom. The highest BCUT2D eigenvalue weighted by molar-refractivity contribution is 5.90. The van der Waals surface area contributed by atoms with Gasteiger partial charge in [-0.2, -0.15) is 5.10 Å². The number of nitrogens with one attached hydrogen (secondary N) is 1. The average molecular weight is 326 g/mol. The van der Waals surface area contributed by atoms with Gasteiger partial charge in [0, 0.05) is 5.69 Å². The predicted molar refractivity (Wildman–Crippen MR) is 86.5 cm³/mol. The summed E-state index contributed by atoms with van der Waals surface area (Å²) in [5.41, 5.74) is 1.54. The molecular formula is C17H15FN4O2. The number of halogens is 1. The van der Waals surface area contributed by atoms with Gasteiger partial charge in [0.25, 0.3) is 0 Å².